The predicted octanol–water partition coefficient (Wildman–Crippen LogP) is 2.15. The molecule has 0 saturated carbocycles. The van der Waals surface area contributed by atoms with Crippen LogP contribution in [0.15, 0.2) is 41.8 Å². The highest BCUT2D eigenvalue weighted by molar-refractivity contribution is 7.12. The summed E-state index contributed by atoms with van der Waals surface area (Å²) >= 11 is 1.43. The van der Waals surface area contributed by atoms with E-state index in [0.29, 0.717) is 24.6 Å². The Morgan fingerprint density at radius 1 is 1.20 bits per heavy atom. The molecular weight excluding hydrogens is 274 g/mol. The fourth-order valence-electron chi connectivity index (χ4n) is 1.81. The molecule has 2 aromatic rings. The maximum absolute atomic E-state index is 12.1. The predicted molar refractivity (Wildman–Crippen MR) is 80.0 cm³/mol. The fourth-order valence-corrected chi connectivity index (χ4v) is 2.65. The SMILES string of the molecule is O=C(NCCOCCO)c1sccc1-c1ccccc1. The molecule has 0 unspecified atom stereocenters. The second-order valence-corrected chi connectivity index (χ2v) is 5.04. The van der Waals surface area contributed by atoms with Gasteiger partial charge in [-0.25, -0.2) is 0 Å². The Labute approximate surface area is 122 Å². The molecule has 0 aliphatic rings. The molecule has 0 spiro atoms. The number of hydrogen-bond acceptors (Lipinski definition) is 4. The van der Waals surface area contributed by atoms with Gasteiger partial charge in [0.1, 0.15) is 0 Å². The highest BCUT2D eigenvalue weighted by Crippen LogP contribution is 2.27. The van der Waals surface area contributed by atoms with E-state index in [9.17, 15) is 4.79 Å². The van der Waals surface area contributed by atoms with Gasteiger partial charge in [0.05, 0.1) is 24.7 Å². The first kappa shape index (κ1) is 14.7. The van der Waals surface area contributed by atoms with E-state index >= 15 is 0 Å². The largest absolute Gasteiger partial charge is 0.394 e. The fraction of sp³-hybridized carbons (Fsp3) is 0.267. The molecule has 2 N–H and O–H groups in total. The highest BCUT2D eigenvalue weighted by Gasteiger charge is 2.13. The monoisotopic (exact) mass is 291 g/mol. The van der Waals surface area contributed by atoms with E-state index in [0.717, 1.165) is 11.1 Å². The molecule has 0 radical (unpaired) electrons. The number of ether oxygens (including phenoxy) is 1. The minimum absolute atomic E-state index is 0.00295. The van der Waals surface area contributed by atoms with Crippen molar-refractivity contribution in [3.63, 3.8) is 0 Å². The third-order valence-electron chi connectivity index (χ3n) is 2.72. The summed E-state index contributed by atoms with van der Waals surface area (Å²) in [5, 5.41) is 13.3. The maximum Gasteiger partial charge on any atom is 0.262 e. The Hall–Kier alpha value is -1.69. The lowest BCUT2D eigenvalue weighted by molar-refractivity contribution is 0.0841. The Kier molecular flexibility index (Phi) is 5.73. The van der Waals surface area contributed by atoms with E-state index in [4.69, 9.17) is 9.84 Å². The van der Waals surface area contributed by atoms with Crippen molar-refractivity contribution in [1.29, 1.82) is 0 Å². The van der Waals surface area contributed by atoms with Gasteiger partial charge >= 0.3 is 0 Å². The van der Waals surface area contributed by atoms with E-state index in [1.165, 1.54) is 11.3 Å². The van der Waals surface area contributed by atoms with Gasteiger partial charge < -0.3 is 15.2 Å². The molecule has 2 rings (SSSR count). The molecule has 4 nitrogen and oxygen atoms in total. The summed E-state index contributed by atoms with van der Waals surface area (Å²) < 4.78 is 5.10. The number of thiophene rings is 1. The lowest BCUT2D eigenvalue weighted by atomic mass is 10.1. The number of rotatable bonds is 7. The van der Waals surface area contributed by atoms with E-state index in [-0.39, 0.29) is 12.5 Å². The molecule has 1 heterocycles. The first-order valence-electron chi connectivity index (χ1n) is 6.42. The summed E-state index contributed by atoms with van der Waals surface area (Å²) in [6, 6.07) is 11.8. The van der Waals surface area contributed by atoms with Crippen LogP contribution in [-0.2, 0) is 4.74 Å². The van der Waals surface area contributed by atoms with Crippen molar-refractivity contribution in [2.45, 2.75) is 0 Å². The van der Waals surface area contributed by atoms with E-state index in [1.807, 2.05) is 41.8 Å². The van der Waals surface area contributed by atoms with Gasteiger partial charge in [-0.15, -0.1) is 11.3 Å². The van der Waals surface area contributed by atoms with Crippen molar-refractivity contribution in [3.8, 4) is 11.1 Å². The lowest BCUT2D eigenvalue weighted by Crippen LogP contribution is -2.27. The first-order chi connectivity index (χ1) is 9.83. The van der Waals surface area contributed by atoms with Crippen molar-refractivity contribution in [2.24, 2.45) is 0 Å². The van der Waals surface area contributed by atoms with Crippen molar-refractivity contribution in [2.75, 3.05) is 26.4 Å². The highest BCUT2D eigenvalue weighted by atomic mass is 32.1. The second-order valence-electron chi connectivity index (χ2n) is 4.12. The first-order valence-corrected chi connectivity index (χ1v) is 7.30. The number of aliphatic hydroxyl groups is 1. The number of aliphatic hydroxyl groups excluding tert-OH is 1. The van der Waals surface area contributed by atoms with Gasteiger partial charge in [0, 0.05) is 12.1 Å². The molecule has 0 bridgehead atoms. The van der Waals surface area contributed by atoms with Crippen LogP contribution in [-0.4, -0.2) is 37.4 Å². The van der Waals surface area contributed by atoms with Crippen LogP contribution in [0.3, 0.4) is 0 Å². The van der Waals surface area contributed by atoms with Crippen LogP contribution in [0.4, 0.5) is 0 Å². The zero-order valence-electron chi connectivity index (χ0n) is 11.0. The quantitative estimate of drug-likeness (QED) is 0.769. The topological polar surface area (TPSA) is 58.6 Å². The van der Waals surface area contributed by atoms with Crippen LogP contribution in [0.2, 0.25) is 0 Å². The van der Waals surface area contributed by atoms with Crippen LogP contribution in [0, 0.1) is 0 Å². The van der Waals surface area contributed by atoms with Gasteiger partial charge in [0.15, 0.2) is 0 Å². The number of amides is 1. The third-order valence-corrected chi connectivity index (χ3v) is 3.64. The Morgan fingerprint density at radius 2 is 2.00 bits per heavy atom. The van der Waals surface area contributed by atoms with Crippen molar-refractivity contribution >= 4 is 17.2 Å². The van der Waals surface area contributed by atoms with Crippen LogP contribution in [0.25, 0.3) is 11.1 Å². The van der Waals surface area contributed by atoms with Crippen LogP contribution < -0.4 is 5.32 Å². The van der Waals surface area contributed by atoms with Gasteiger partial charge in [0.2, 0.25) is 0 Å². The summed E-state index contributed by atoms with van der Waals surface area (Å²) in [7, 11) is 0. The molecule has 0 atom stereocenters. The molecule has 0 aliphatic heterocycles. The minimum atomic E-state index is -0.0912. The molecular formula is C15H17NO3S. The molecule has 106 valence electrons. The van der Waals surface area contributed by atoms with Crippen molar-refractivity contribution in [1.82, 2.24) is 5.32 Å². The van der Waals surface area contributed by atoms with E-state index in [2.05, 4.69) is 5.32 Å². The molecule has 1 aromatic carbocycles. The minimum Gasteiger partial charge on any atom is -0.394 e. The molecule has 5 heteroatoms. The zero-order chi connectivity index (χ0) is 14.2. The smallest absolute Gasteiger partial charge is 0.262 e. The lowest BCUT2D eigenvalue weighted by Gasteiger charge is -2.06. The van der Waals surface area contributed by atoms with Gasteiger partial charge in [-0.3, -0.25) is 4.79 Å². The molecule has 0 fully saturated rings. The third kappa shape index (κ3) is 3.90. The summed E-state index contributed by atoms with van der Waals surface area (Å²) in [5.74, 6) is -0.0912. The number of carbonyl (C=O) groups excluding carboxylic acids is 1. The Bertz CT molecular complexity index is 539. The standard InChI is InChI=1S/C15H17NO3S/c17-8-10-19-9-7-16-15(18)14-13(6-11-20-14)12-4-2-1-3-5-12/h1-6,11,17H,7-10H2,(H,16,18). The van der Waals surface area contributed by atoms with Gasteiger partial charge in [-0.1, -0.05) is 30.3 Å². The van der Waals surface area contributed by atoms with Gasteiger partial charge in [0.25, 0.3) is 5.91 Å². The number of benzene rings is 1. The molecule has 0 saturated heterocycles. The molecule has 1 aromatic heterocycles. The number of carbonyl (C=O) groups is 1. The Balaban J connectivity index is 1.96. The summed E-state index contributed by atoms with van der Waals surface area (Å²) in [6.45, 7) is 1.13. The van der Waals surface area contributed by atoms with E-state index in [1.54, 1.807) is 0 Å². The molecule has 20 heavy (non-hydrogen) atoms. The van der Waals surface area contributed by atoms with Gasteiger partial charge in [-0.2, -0.15) is 0 Å². The van der Waals surface area contributed by atoms with Crippen molar-refractivity contribution < 1.29 is 14.6 Å². The average molecular weight is 291 g/mol. The zero-order valence-corrected chi connectivity index (χ0v) is 11.9. The van der Waals surface area contributed by atoms with Crippen LogP contribution in [0.5, 0.6) is 0 Å². The normalized spacial score (nSPS) is 10.4. The van der Waals surface area contributed by atoms with Crippen molar-refractivity contribution in [3.05, 3.63) is 46.7 Å². The maximum atomic E-state index is 12.1. The number of hydrogen-bond donors (Lipinski definition) is 2. The average Bonchev–Trinajstić information content (AvgIpc) is 2.97. The second kappa shape index (κ2) is 7.79. The summed E-state index contributed by atoms with van der Waals surface area (Å²) in [5.41, 5.74) is 1.99. The van der Waals surface area contributed by atoms with Crippen LogP contribution in [0.1, 0.15) is 9.67 Å². The van der Waals surface area contributed by atoms with E-state index < -0.39 is 0 Å². The summed E-state index contributed by atoms with van der Waals surface area (Å²) in [6.07, 6.45) is 0. The molecule has 1 amide bonds. The molecule has 0 aliphatic carbocycles. The number of nitrogens with one attached hydrogen (secondary N) is 1. The van der Waals surface area contributed by atoms with Crippen LogP contribution >= 0.6 is 11.3 Å². The summed E-state index contributed by atoms with van der Waals surface area (Å²) in [4.78, 5) is 12.8. The van der Waals surface area contributed by atoms with Gasteiger partial charge in [-0.05, 0) is 17.0 Å². The Morgan fingerprint density at radius 3 is 2.75 bits per heavy atom.